The zero-order chi connectivity index (χ0) is 16.2. The highest BCUT2D eigenvalue weighted by Crippen LogP contribution is 2.31. The Hall–Kier alpha value is -2.11. The van der Waals surface area contributed by atoms with E-state index in [0.717, 1.165) is 36.9 Å². The molecule has 2 heterocycles. The summed E-state index contributed by atoms with van der Waals surface area (Å²) in [6, 6.07) is 1.96. The van der Waals surface area contributed by atoms with E-state index >= 15 is 0 Å². The first-order chi connectivity index (χ1) is 11.1. The van der Waals surface area contributed by atoms with Gasteiger partial charge >= 0.3 is 6.03 Å². The van der Waals surface area contributed by atoms with Crippen molar-refractivity contribution in [2.45, 2.75) is 32.7 Å². The van der Waals surface area contributed by atoms with Gasteiger partial charge < -0.3 is 15.1 Å². The van der Waals surface area contributed by atoms with Gasteiger partial charge in [0.25, 0.3) is 0 Å². The number of aryl methyl sites for hydroxylation is 1. The minimum Gasteiger partial charge on any atom is -0.341 e. The number of nitrogens with zero attached hydrogens (tertiary/aromatic N) is 3. The Morgan fingerprint density at radius 2 is 1.91 bits per heavy atom. The van der Waals surface area contributed by atoms with Crippen LogP contribution in [0.15, 0.2) is 18.5 Å². The van der Waals surface area contributed by atoms with Gasteiger partial charge in [0, 0.05) is 51.0 Å². The summed E-state index contributed by atoms with van der Waals surface area (Å²) in [7, 11) is 0. The van der Waals surface area contributed by atoms with E-state index in [1.54, 1.807) is 12.4 Å². The molecular weight excluding hydrogens is 292 g/mol. The van der Waals surface area contributed by atoms with Crippen LogP contribution >= 0.6 is 0 Å². The van der Waals surface area contributed by atoms with Crippen LogP contribution in [0, 0.1) is 12.8 Å². The normalized spacial score (nSPS) is 18.5. The van der Waals surface area contributed by atoms with Gasteiger partial charge in [-0.25, -0.2) is 4.79 Å². The van der Waals surface area contributed by atoms with E-state index in [-0.39, 0.29) is 17.9 Å². The molecule has 6 nitrogen and oxygen atoms in total. The van der Waals surface area contributed by atoms with Crippen LogP contribution in [-0.2, 0) is 11.3 Å². The van der Waals surface area contributed by atoms with E-state index in [4.69, 9.17) is 0 Å². The number of pyridine rings is 1. The first kappa shape index (κ1) is 15.8. The molecule has 0 radical (unpaired) electrons. The van der Waals surface area contributed by atoms with E-state index < -0.39 is 0 Å². The molecule has 23 heavy (non-hydrogen) atoms. The van der Waals surface area contributed by atoms with Gasteiger partial charge in [-0.1, -0.05) is 6.07 Å². The molecule has 124 valence electrons. The number of aromatic nitrogens is 1. The summed E-state index contributed by atoms with van der Waals surface area (Å²) in [5.41, 5.74) is 2.08. The van der Waals surface area contributed by atoms with Gasteiger partial charge in [-0.2, -0.15) is 0 Å². The molecule has 3 amide bonds. The Balaban J connectivity index is 1.48. The summed E-state index contributed by atoms with van der Waals surface area (Å²) in [5.74, 6) is 0.530. The van der Waals surface area contributed by atoms with Crippen molar-refractivity contribution in [3.63, 3.8) is 0 Å². The highest BCUT2D eigenvalue weighted by molar-refractivity contribution is 5.81. The molecule has 0 atom stereocenters. The molecule has 1 aromatic heterocycles. The van der Waals surface area contributed by atoms with Crippen LogP contribution in [0.4, 0.5) is 4.79 Å². The number of hydrogen-bond acceptors (Lipinski definition) is 3. The third-order valence-electron chi connectivity index (χ3n) is 4.40. The number of nitrogens with one attached hydrogen (secondary N) is 1. The number of carbonyl (C=O) groups excluding carboxylic acids is 2. The van der Waals surface area contributed by atoms with Gasteiger partial charge in [0.2, 0.25) is 5.91 Å². The monoisotopic (exact) mass is 316 g/mol. The third kappa shape index (κ3) is 4.21. The summed E-state index contributed by atoms with van der Waals surface area (Å²) in [6.07, 6.45) is 6.48. The van der Waals surface area contributed by atoms with Gasteiger partial charge in [-0.3, -0.25) is 9.78 Å². The second-order valence-corrected chi connectivity index (χ2v) is 6.47. The lowest BCUT2D eigenvalue weighted by Gasteiger charge is -2.22. The fraction of sp³-hybridized carbons (Fsp3) is 0.588. The second-order valence-electron chi connectivity index (χ2n) is 6.47. The fourth-order valence-electron chi connectivity index (χ4n) is 2.93. The third-order valence-corrected chi connectivity index (χ3v) is 4.40. The maximum atomic E-state index is 12.3. The topological polar surface area (TPSA) is 65.5 Å². The number of carbonyl (C=O) groups is 2. The molecule has 3 rings (SSSR count). The lowest BCUT2D eigenvalue weighted by molar-refractivity contribution is -0.132. The molecule has 1 aliphatic heterocycles. The number of amides is 3. The molecule has 2 aliphatic rings. The summed E-state index contributed by atoms with van der Waals surface area (Å²) in [5, 5.41) is 2.95. The maximum absolute atomic E-state index is 12.3. The molecule has 0 bridgehead atoms. The van der Waals surface area contributed by atoms with Gasteiger partial charge in [-0.05, 0) is 37.3 Å². The Morgan fingerprint density at radius 3 is 2.65 bits per heavy atom. The van der Waals surface area contributed by atoms with Crippen molar-refractivity contribution >= 4 is 11.9 Å². The fourth-order valence-corrected chi connectivity index (χ4v) is 2.93. The van der Waals surface area contributed by atoms with Crippen molar-refractivity contribution in [2.75, 3.05) is 26.2 Å². The average Bonchev–Trinajstić information content (AvgIpc) is 3.38. The molecule has 1 saturated heterocycles. The summed E-state index contributed by atoms with van der Waals surface area (Å²) < 4.78 is 0. The lowest BCUT2D eigenvalue weighted by Crippen LogP contribution is -2.42. The van der Waals surface area contributed by atoms with Crippen molar-refractivity contribution in [1.82, 2.24) is 20.1 Å². The average molecular weight is 316 g/mol. The first-order valence-corrected chi connectivity index (χ1v) is 8.35. The molecule has 0 aromatic carbocycles. The minimum atomic E-state index is -0.0628. The largest absolute Gasteiger partial charge is 0.341 e. The molecular formula is C17H24N4O2. The Labute approximate surface area is 136 Å². The highest BCUT2D eigenvalue weighted by Gasteiger charge is 2.34. The molecule has 2 fully saturated rings. The van der Waals surface area contributed by atoms with Crippen LogP contribution in [0.2, 0.25) is 0 Å². The number of rotatable bonds is 3. The van der Waals surface area contributed by atoms with Gasteiger partial charge in [0.15, 0.2) is 0 Å². The van der Waals surface area contributed by atoms with Crippen LogP contribution in [0.3, 0.4) is 0 Å². The van der Waals surface area contributed by atoms with E-state index in [2.05, 4.69) is 10.3 Å². The zero-order valence-corrected chi connectivity index (χ0v) is 13.6. The van der Waals surface area contributed by atoms with Crippen LogP contribution in [0.1, 0.15) is 30.4 Å². The van der Waals surface area contributed by atoms with Crippen molar-refractivity contribution in [3.05, 3.63) is 29.6 Å². The van der Waals surface area contributed by atoms with Gasteiger partial charge in [0.1, 0.15) is 0 Å². The molecule has 1 saturated carbocycles. The second kappa shape index (κ2) is 6.98. The van der Waals surface area contributed by atoms with Crippen molar-refractivity contribution in [3.8, 4) is 0 Å². The Bertz CT molecular complexity index is 586. The molecule has 0 spiro atoms. The standard InChI is InChI=1S/C17H24N4O2/c1-13-9-14(11-18-10-13)12-19-17(23)21-6-2-5-20(7-8-21)16(22)15-3-4-15/h9-11,15H,2-8,12H2,1H3,(H,19,23). The molecule has 1 aliphatic carbocycles. The molecule has 1 N–H and O–H groups in total. The summed E-state index contributed by atoms with van der Waals surface area (Å²) in [4.78, 5) is 32.3. The van der Waals surface area contributed by atoms with E-state index in [1.807, 2.05) is 22.8 Å². The maximum Gasteiger partial charge on any atom is 0.317 e. The van der Waals surface area contributed by atoms with Crippen LogP contribution in [0.25, 0.3) is 0 Å². The van der Waals surface area contributed by atoms with Crippen molar-refractivity contribution in [2.24, 2.45) is 5.92 Å². The first-order valence-electron chi connectivity index (χ1n) is 8.35. The quantitative estimate of drug-likeness (QED) is 0.920. The summed E-state index contributed by atoms with van der Waals surface area (Å²) >= 11 is 0. The highest BCUT2D eigenvalue weighted by atomic mass is 16.2. The minimum absolute atomic E-state index is 0.0628. The molecule has 1 aromatic rings. The Morgan fingerprint density at radius 1 is 1.17 bits per heavy atom. The number of urea groups is 1. The smallest absolute Gasteiger partial charge is 0.317 e. The van der Waals surface area contributed by atoms with E-state index in [9.17, 15) is 9.59 Å². The number of hydrogen-bond donors (Lipinski definition) is 1. The summed E-state index contributed by atoms with van der Waals surface area (Å²) in [6.45, 7) is 5.19. The zero-order valence-electron chi connectivity index (χ0n) is 13.6. The van der Waals surface area contributed by atoms with Gasteiger partial charge in [-0.15, -0.1) is 0 Å². The van der Waals surface area contributed by atoms with E-state index in [1.165, 1.54) is 0 Å². The van der Waals surface area contributed by atoms with Gasteiger partial charge in [0.05, 0.1) is 0 Å². The van der Waals surface area contributed by atoms with Crippen LogP contribution in [-0.4, -0.2) is 52.9 Å². The predicted molar refractivity (Wildman–Crippen MR) is 86.7 cm³/mol. The van der Waals surface area contributed by atoms with Crippen molar-refractivity contribution in [1.29, 1.82) is 0 Å². The molecule has 6 heteroatoms. The van der Waals surface area contributed by atoms with Crippen molar-refractivity contribution < 1.29 is 9.59 Å². The lowest BCUT2D eigenvalue weighted by atomic mass is 10.2. The molecule has 0 unspecified atom stereocenters. The predicted octanol–water partition coefficient (Wildman–Crippen LogP) is 1.54. The van der Waals surface area contributed by atoms with Crippen LogP contribution < -0.4 is 5.32 Å². The van der Waals surface area contributed by atoms with Crippen LogP contribution in [0.5, 0.6) is 0 Å². The van der Waals surface area contributed by atoms with E-state index in [0.29, 0.717) is 26.2 Å². The Kier molecular flexibility index (Phi) is 4.79. The SMILES string of the molecule is Cc1cncc(CNC(=O)N2CCCN(C(=O)C3CC3)CC2)c1.